The quantitative estimate of drug-likeness (QED) is 0.790. The fourth-order valence-corrected chi connectivity index (χ4v) is 5.41. The molecule has 30 heavy (non-hydrogen) atoms. The first-order valence-electron chi connectivity index (χ1n) is 11.0. The molecule has 0 spiro atoms. The van der Waals surface area contributed by atoms with Crippen molar-refractivity contribution in [1.82, 2.24) is 15.1 Å². The maximum absolute atomic E-state index is 12.9. The van der Waals surface area contributed by atoms with E-state index in [2.05, 4.69) is 16.8 Å². The minimum atomic E-state index is -0.444. The first kappa shape index (κ1) is 19.6. The van der Waals surface area contributed by atoms with Crippen LogP contribution in [0.5, 0.6) is 5.75 Å². The van der Waals surface area contributed by atoms with Crippen molar-refractivity contribution in [2.24, 2.45) is 0 Å². The standard InChI is InChI=1S/C23H29N3O4/c1-14-5-8-20(22(28)24-14)26-12-15-11-17(6-7-18(15)23(26)29)30-21-4-2-3-19(21)25-10-9-16(27)13-25/h6-7,11,16,19-21,27H,1-5,8-10,12-13H2,(H,24,28). The van der Waals surface area contributed by atoms with Crippen LogP contribution in [-0.4, -0.2) is 64.1 Å². The van der Waals surface area contributed by atoms with Crippen LogP contribution in [0.2, 0.25) is 0 Å². The third-order valence-corrected chi connectivity index (χ3v) is 6.98. The SMILES string of the molecule is C=C1CCC(N2Cc3cc(OC4CCCC4N4CCC(O)C4)ccc3C2=O)C(=O)N1. The molecule has 1 saturated carbocycles. The van der Waals surface area contributed by atoms with Gasteiger partial charge >= 0.3 is 0 Å². The zero-order valence-electron chi connectivity index (χ0n) is 17.2. The number of likely N-dealkylation sites (tertiary alicyclic amines) is 1. The Bertz CT molecular complexity index is 885. The van der Waals surface area contributed by atoms with Gasteiger partial charge in [-0.25, -0.2) is 0 Å². The molecular weight excluding hydrogens is 382 g/mol. The first-order chi connectivity index (χ1) is 14.5. The zero-order chi connectivity index (χ0) is 20.8. The second-order valence-electron chi connectivity index (χ2n) is 8.99. The lowest BCUT2D eigenvalue weighted by Crippen LogP contribution is -2.49. The number of β-amino-alcohol motifs (C(OH)–C–C–N with tert-alkyl or cyclic N) is 1. The molecule has 4 aliphatic rings. The molecule has 0 bridgehead atoms. The van der Waals surface area contributed by atoms with Gasteiger partial charge in [0.05, 0.1) is 6.10 Å². The molecule has 2 amide bonds. The molecule has 4 unspecified atom stereocenters. The smallest absolute Gasteiger partial charge is 0.255 e. The van der Waals surface area contributed by atoms with E-state index in [-0.39, 0.29) is 24.0 Å². The van der Waals surface area contributed by atoms with Crippen molar-refractivity contribution < 1.29 is 19.4 Å². The van der Waals surface area contributed by atoms with Gasteiger partial charge in [0.2, 0.25) is 5.91 Å². The molecule has 0 radical (unpaired) electrons. The number of piperidine rings is 1. The molecule has 3 aliphatic heterocycles. The molecule has 2 N–H and O–H groups in total. The molecule has 7 nitrogen and oxygen atoms in total. The van der Waals surface area contributed by atoms with Crippen LogP contribution >= 0.6 is 0 Å². The van der Waals surface area contributed by atoms with Gasteiger partial charge in [-0.1, -0.05) is 6.58 Å². The fourth-order valence-electron chi connectivity index (χ4n) is 5.41. The third-order valence-electron chi connectivity index (χ3n) is 6.98. The summed E-state index contributed by atoms with van der Waals surface area (Å²) in [7, 11) is 0. The van der Waals surface area contributed by atoms with Crippen LogP contribution in [0.25, 0.3) is 0 Å². The molecule has 1 aliphatic carbocycles. The van der Waals surface area contributed by atoms with Crippen LogP contribution < -0.4 is 10.1 Å². The van der Waals surface area contributed by atoms with E-state index in [0.717, 1.165) is 50.1 Å². The monoisotopic (exact) mass is 411 g/mol. The van der Waals surface area contributed by atoms with E-state index in [0.29, 0.717) is 36.7 Å². The summed E-state index contributed by atoms with van der Waals surface area (Å²) < 4.78 is 6.37. The topological polar surface area (TPSA) is 82.1 Å². The van der Waals surface area contributed by atoms with Crippen molar-refractivity contribution in [3.63, 3.8) is 0 Å². The van der Waals surface area contributed by atoms with Gasteiger partial charge in [-0.3, -0.25) is 14.5 Å². The second kappa shape index (κ2) is 7.71. The van der Waals surface area contributed by atoms with E-state index in [4.69, 9.17) is 4.74 Å². The lowest BCUT2D eigenvalue weighted by molar-refractivity contribution is -0.126. The number of carbonyl (C=O) groups is 2. The molecule has 7 heteroatoms. The number of ether oxygens (including phenoxy) is 1. The summed E-state index contributed by atoms with van der Waals surface area (Å²) in [6, 6.07) is 5.56. The molecule has 3 fully saturated rings. The number of amides is 2. The molecule has 3 heterocycles. The van der Waals surface area contributed by atoms with Crippen molar-refractivity contribution in [1.29, 1.82) is 0 Å². The highest BCUT2D eigenvalue weighted by Crippen LogP contribution is 2.34. The van der Waals surface area contributed by atoms with E-state index in [1.807, 2.05) is 18.2 Å². The maximum atomic E-state index is 12.9. The van der Waals surface area contributed by atoms with Gasteiger partial charge in [-0.15, -0.1) is 0 Å². The molecule has 2 saturated heterocycles. The summed E-state index contributed by atoms with van der Waals surface area (Å²) in [4.78, 5) is 29.3. The Morgan fingerprint density at radius 2 is 2.03 bits per heavy atom. The largest absolute Gasteiger partial charge is 0.489 e. The molecule has 1 aromatic carbocycles. The summed E-state index contributed by atoms with van der Waals surface area (Å²) in [5.74, 6) is 0.543. The van der Waals surface area contributed by atoms with E-state index < -0.39 is 6.04 Å². The number of hydrogen-bond donors (Lipinski definition) is 2. The highest BCUT2D eigenvalue weighted by atomic mass is 16.5. The molecule has 160 valence electrons. The Balaban J connectivity index is 1.29. The molecule has 1 aromatic rings. The van der Waals surface area contributed by atoms with E-state index >= 15 is 0 Å². The summed E-state index contributed by atoms with van der Waals surface area (Å²) in [5.41, 5.74) is 2.29. The number of nitrogens with one attached hydrogen (secondary N) is 1. The average Bonchev–Trinajstić information content (AvgIpc) is 3.41. The number of aliphatic hydroxyl groups excluding tert-OH is 1. The Kier molecular flexibility index (Phi) is 5.03. The lowest BCUT2D eigenvalue weighted by atomic mass is 10.0. The number of aliphatic hydroxyl groups is 1. The number of allylic oxidation sites excluding steroid dienone is 1. The number of fused-ring (bicyclic) bond motifs is 1. The highest BCUT2D eigenvalue weighted by Gasteiger charge is 2.39. The maximum Gasteiger partial charge on any atom is 0.255 e. The molecular formula is C23H29N3O4. The third kappa shape index (κ3) is 3.50. The number of benzene rings is 1. The Labute approximate surface area is 176 Å². The van der Waals surface area contributed by atoms with Gasteiger partial charge in [-0.2, -0.15) is 0 Å². The highest BCUT2D eigenvalue weighted by molar-refractivity contribution is 6.01. The van der Waals surface area contributed by atoms with Crippen LogP contribution in [0.3, 0.4) is 0 Å². The van der Waals surface area contributed by atoms with Gasteiger partial charge in [0, 0.05) is 36.9 Å². The minimum Gasteiger partial charge on any atom is -0.489 e. The van der Waals surface area contributed by atoms with Gasteiger partial charge in [0.25, 0.3) is 5.91 Å². The van der Waals surface area contributed by atoms with Crippen molar-refractivity contribution >= 4 is 11.8 Å². The number of hydrogen-bond acceptors (Lipinski definition) is 5. The Morgan fingerprint density at radius 3 is 2.80 bits per heavy atom. The average molecular weight is 412 g/mol. The first-order valence-corrected chi connectivity index (χ1v) is 11.0. The zero-order valence-corrected chi connectivity index (χ0v) is 17.2. The van der Waals surface area contributed by atoms with Crippen molar-refractivity contribution in [2.75, 3.05) is 13.1 Å². The van der Waals surface area contributed by atoms with Crippen LogP contribution in [0.4, 0.5) is 0 Å². The van der Waals surface area contributed by atoms with E-state index in [1.165, 1.54) is 0 Å². The minimum absolute atomic E-state index is 0.0889. The summed E-state index contributed by atoms with van der Waals surface area (Å²) in [6.07, 6.45) is 5.25. The second-order valence-corrected chi connectivity index (χ2v) is 8.99. The van der Waals surface area contributed by atoms with E-state index in [1.54, 1.807) is 4.90 Å². The van der Waals surface area contributed by atoms with Crippen LogP contribution in [-0.2, 0) is 11.3 Å². The normalized spacial score (nSPS) is 31.9. The Hall–Kier alpha value is -2.38. The van der Waals surface area contributed by atoms with E-state index in [9.17, 15) is 14.7 Å². The summed E-state index contributed by atoms with van der Waals surface area (Å²) in [5, 5.41) is 12.7. The van der Waals surface area contributed by atoms with Crippen LogP contribution in [0, 0.1) is 0 Å². The van der Waals surface area contributed by atoms with Crippen molar-refractivity contribution in [2.45, 2.75) is 69.4 Å². The van der Waals surface area contributed by atoms with Gasteiger partial charge < -0.3 is 20.1 Å². The predicted molar refractivity (Wildman–Crippen MR) is 111 cm³/mol. The molecule has 0 aromatic heterocycles. The summed E-state index contributed by atoms with van der Waals surface area (Å²) in [6.45, 7) is 5.90. The number of carbonyl (C=O) groups excluding carboxylic acids is 2. The lowest BCUT2D eigenvalue weighted by Gasteiger charge is -2.30. The molecule has 4 atom stereocenters. The fraction of sp³-hybridized carbons (Fsp3) is 0.565. The van der Waals surface area contributed by atoms with Gasteiger partial charge in [0.15, 0.2) is 0 Å². The van der Waals surface area contributed by atoms with Crippen molar-refractivity contribution in [3.05, 3.63) is 41.6 Å². The predicted octanol–water partition coefficient (Wildman–Crippen LogP) is 1.80. The van der Waals surface area contributed by atoms with Gasteiger partial charge in [0.1, 0.15) is 17.9 Å². The van der Waals surface area contributed by atoms with Gasteiger partial charge in [-0.05, 0) is 62.3 Å². The summed E-state index contributed by atoms with van der Waals surface area (Å²) >= 11 is 0. The number of rotatable bonds is 4. The number of nitrogens with zero attached hydrogens (tertiary/aromatic N) is 2. The van der Waals surface area contributed by atoms with Crippen LogP contribution in [0.15, 0.2) is 30.5 Å². The van der Waals surface area contributed by atoms with Crippen LogP contribution in [0.1, 0.15) is 54.4 Å². The Morgan fingerprint density at radius 1 is 1.17 bits per heavy atom. The molecule has 5 rings (SSSR count). The van der Waals surface area contributed by atoms with Crippen molar-refractivity contribution in [3.8, 4) is 5.75 Å².